The Labute approximate surface area is 174 Å². The van der Waals surface area contributed by atoms with Gasteiger partial charge in [-0.2, -0.15) is 4.98 Å². The van der Waals surface area contributed by atoms with Gasteiger partial charge in [-0.05, 0) is 37.0 Å². The number of hydrogen-bond donors (Lipinski definition) is 3. The van der Waals surface area contributed by atoms with Gasteiger partial charge in [0.15, 0.2) is 6.29 Å². The lowest BCUT2D eigenvalue weighted by Gasteiger charge is -2.29. The van der Waals surface area contributed by atoms with Gasteiger partial charge in [0, 0.05) is 18.2 Å². The largest absolute Gasteiger partial charge is 0.397 e. The standard InChI is InChI=1S/C21H26N6O3/c1-21(2,11-30-15-5-3-4-8-29-15)13-10-25-19-16(13)17(26-20(23)27-19)18(28)14-7-6-12(22)9-24-14/h6-7,9-10,15H,3-5,8,11,22H2,1-2H3,(H3,23,25,26,27). The van der Waals surface area contributed by atoms with Gasteiger partial charge in [-0.25, -0.2) is 4.98 Å². The molecule has 0 amide bonds. The van der Waals surface area contributed by atoms with Gasteiger partial charge in [0.25, 0.3) is 0 Å². The molecule has 0 radical (unpaired) electrons. The van der Waals surface area contributed by atoms with E-state index >= 15 is 0 Å². The van der Waals surface area contributed by atoms with Crippen molar-refractivity contribution in [2.24, 2.45) is 0 Å². The monoisotopic (exact) mass is 410 g/mol. The normalized spacial score (nSPS) is 17.3. The number of hydrogen-bond acceptors (Lipinski definition) is 8. The van der Waals surface area contributed by atoms with Gasteiger partial charge in [-0.1, -0.05) is 13.8 Å². The molecule has 9 nitrogen and oxygen atoms in total. The fraction of sp³-hybridized carbons (Fsp3) is 0.429. The number of H-pyrrole nitrogens is 1. The predicted molar refractivity (Wildman–Crippen MR) is 113 cm³/mol. The first kappa shape index (κ1) is 20.2. The summed E-state index contributed by atoms with van der Waals surface area (Å²) in [7, 11) is 0. The third-order valence-electron chi connectivity index (χ3n) is 5.28. The maximum Gasteiger partial charge on any atom is 0.230 e. The molecule has 30 heavy (non-hydrogen) atoms. The molecule has 1 unspecified atom stereocenters. The molecular weight excluding hydrogens is 384 g/mol. The van der Waals surface area contributed by atoms with Crippen molar-refractivity contribution in [3.05, 3.63) is 41.5 Å². The molecule has 1 aliphatic rings. The zero-order valence-corrected chi connectivity index (χ0v) is 17.1. The first-order valence-electron chi connectivity index (χ1n) is 9.99. The molecule has 1 fully saturated rings. The topological polar surface area (TPSA) is 142 Å². The third-order valence-corrected chi connectivity index (χ3v) is 5.28. The van der Waals surface area contributed by atoms with E-state index in [0.717, 1.165) is 31.4 Å². The number of fused-ring (bicyclic) bond motifs is 1. The number of carbonyl (C=O) groups is 1. The number of nitrogens with zero attached hydrogens (tertiary/aromatic N) is 3. The molecule has 9 heteroatoms. The Balaban J connectivity index is 1.70. The number of aromatic nitrogens is 4. The van der Waals surface area contributed by atoms with E-state index in [9.17, 15) is 4.79 Å². The van der Waals surface area contributed by atoms with Crippen LogP contribution in [0.25, 0.3) is 11.0 Å². The molecule has 0 saturated carbocycles. The molecule has 0 spiro atoms. The first-order chi connectivity index (χ1) is 14.3. The quantitative estimate of drug-likeness (QED) is 0.526. The van der Waals surface area contributed by atoms with E-state index in [-0.39, 0.29) is 29.4 Å². The zero-order valence-electron chi connectivity index (χ0n) is 17.1. The van der Waals surface area contributed by atoms with Crippen LogP contribution in [-0.2, 0) is 14.9 Å². The molecule has 4 heterocycles. The Hall–Kier alpha value is -3.04. The molecule has 1 atom stereocenters. The van der Waals surface area contributed by atoms with E-state index in [1.807, 2.05) is 20.0 Å². The molecule has 1 saturated heterocycles. The minimum Gasteiger partial charge on any atom is -0.397 e. The van der Waals surface area contributed by atoms with Gasteiger partial charge >= 0.3 is 0 Å². The summed E-state index contributed by atoms with van der Waals surface area (Å²) in [5, 5.41) is 0.617. The van der Waals surface area contributed by atoms with Crippen molar-refractivity contribution in [1.29, 1.82) is 0 Å². The van der Waals surface area contributed by atoms with Crippen LogP contribution in [0.15, 0.2) is 24.5 Å². The van der Waals surface area contributed by atoms with Gasteiger partial charge < -0.3 is 25.9 Å². The summed E-state index contributed by atoms with van der Waals surface area (Å²) in [6.07, 6.45) is 6.12. The van der Waals surface area contributed by atoms with Crippen LogP contribution in [0.2, 0.25) is 0 Å². The number of anilines is 2. The van der Waals surface area contributed by atoms with Gasteiger partial charge in [0.1, 0.15) is 17.0 Å². The number of rotatable bonds is 6. The summed E-state index contributed by atoms with van der Waals surface area (Å²) < 4.78 is 11.7. The van der Waals surface area contributed by atoms with Crippen molar-refractivity contribution < 1.29 is 14.3 Å². The molecule has 0 aromatic carbocycles. The highest BCUT2D eigenvalue weighted by Crippen LogP contribution is 2.33. The molecule has 0 aliphatic carbocycles. The van der Waals surface area contributed by atoms with Crippen molar-refractivity contribution in [2.75, 3.05) is 24.7 Å². The zero-order chi connectivity index (χ0) is 21.3. The van der Waals surface area contributed by atoms with Crippen molar-refractivity contribution in [3.63, 3.8) is 0 Å². The Kier molecular flexibility index (Phi) is 5.40. The van der Waals surface area contributed by atoms with Crippen LogP contribution in [0.4, 0.5) is 11.6 Å². The SMILES string of the molecule is CC(C)(COC1CCCCO1)c1c[nH]c2nc(N)nc(C(=O)c3ccc(N)cn3)c12. The highest BCUT2D eigenvalue weighted by molar-refractivity contribution is 6.14. The molecule has 3 aromatic rings. The Morgan fingerprint density at radius 1 is 1.30 bits per heavy atom. The fourth-order valence-corrected chi connectivity index (χ4v) is 3.63. The lowest BCUT2D eigenvalue weighted by Crippen LogP contribution is -2.31. The Morgan fingerprint density at radius 3 is 2.83 bits per heavy atom. The molecule has 0 bridgehead atoms. The first-order valence-corrected chi connectivity index (χ1v) is 9.99. The maximum absolute atomic E-state index is 13.2. The number of ketones is 1. The van der Waals surface area contributed by atoms with Crippen molar-refractivity contribution in [3.8, 4) is 0 Å². The molecule has 158 valence electrons. The van der Waals surface area contributed by atoms with E-state index in [2.05, 4.69) is 19.9 Å². The van der Waals surface area contributed by atoms with Crippen LogP contribution < -0.4 is 11.5 Å². The number of nitrogens with two attached hydrogens (primary N) is 2. The second-order valence-corrected chi connectivity index (χ2v) is 8.15. The third kappa shape index (κ3) is 3.99. The minimum atomic E-state index is -0.428. The lowest BCUT2D eigenvalue weighted by molar-refractivity contribution is -0.169. The molecular formula is C21H26N6O3. The number of aromatic amines is 1. The smallest absolute Gasteiger partial charge is 0.230 e. The van der Waals surface area contributed by atoms with Gasteiger partial charge in [-0.3, -0.25) is 9.78 Å². The van der Waals surface area contributed by atoms with Crippen molar-refractivity contribution >= 4 is 28.5 Å². The highest BCUT2D eigenvalue weighted by Gasteiger charge is 2.30. The lowest BCUT2D eigenvalue weighted by atomic mass is 9.84. The second kappa shape index (κ2) is 8.00. The average molecular weight is 410 g/mol. The average Bonchev–Trinajstić information content (AvgIpc) is 3.17. The molecule has 4 rings (SSSR count). The van der Waals surface area contributed by atoms with Crippen LogP contribution in [0.1, 0.15) is 54.9 Å². The van der Waals surface area contributed by atoms with E-state index in [1.54, 1.807) is 12.1 Å². The number of carbonyl (C=O) groups excluding carboxylic acids is 1. The van der Waals surface area contributed by atoms with Crippen LogP contribution in [0.5, 0.6) is 0 Å². The summed E-state index contributed by atoms with van der Waals surface area (Å²) in [5.41, 5.74) is 13.4. The molecule has 5 N–H and O–H groups in total. The summed E-state index contributed by atoms with van der Waals surface area (Å²) >= 11 is 0. The number of pyridine rings is 1. The van der Waals surface area contributed by atoms with Gasteiger partial charge in [0.2, 0.25) is 11.7 Å². The van der Waals surface area contributed by atoms with Crippen LogP contribution in [-0.4, -0.2) is 45.2 Å². The number of nitrogens with one attached hydrogen (secondary N) is 1. The molecule has 1 aliphatic heterocycles. The maximum atomic E-state index is 13.2. The van der Waals surface area contributed by atoms with Crippen LogP contribution >= 0.6 is 0 Å². The van der Waals surface area contributed by atoms with Gasteiger partial charge in [-0.15, -0.1) is 0 Å². The summed E-state index contributed by atoms with van der Waals surface area (Å²) in [4.78, 5) is 29.0. The number of ether oxygens (including phenoxy) is 2. The Morgan fingerprint density at radius 2 is 2.13 bits per heavy atom. The summed E-state index contributed by atoms with van der Waals surface area (Å²) in [6.45, 7) is 5.23. The fourth-order valence-electron chi connectivity index (χ4n) is 3.63. The van der Waals surface area contributed by atoms with E-state index in [0.29, 0.717) is 23.3 Å². The van der Waals surface area contributed by atoms with E-state index in [4.69, 9.17) is 20.9 Å². The van der Waals surface area contributed by atoms with Crippen LogP contribution in [0.3, 0.4) is 0 Å². The predicted octanol–water partition coefficient (Wildman–Crippen LogP) is 2.57. The number of nitrogen functional groups attached to an aromatic ring is 2. The van der Waals surface area contributed by atoms with Gasteiger partial charge in [0.05, 0.1) is 23.9 Å². The summed E-state index contributed by atoms with van der Waals surface area (Å²) in [5.74, 6) is -0.332. The molecule has 3 aromatic heterocycles. The Bertz CT molecular complexity index is 1050. The van der Waals surface area contributed by atoms with Crippen molar-refractivity contribution in [2.45, 2.75) is 44.8 Å². The van der Waals surface area contributed by atoms with Crippen LogP contribution in [0, 0.1) is 0 Å². The highest BCUT2D eigenvalue weighted by atomic mass is 16.7. The second-order valence-electron chi connectivity index (χ2n) is 8.15. The van der Waals surface area contributed by atoms with E-state index in [1.165, 1.54) is 6.20 Å². The summed E-state index contributed by atoms with van der Waals surface area (Å²) in [6, 6.07) is 3.20. The van der Waals surface area contributed by atoms with Crippen molar-refractivity contribution in [1.82, 2.24) is 19.9 Å². The van der Waals surface area contributed by atoms with E-state index < -0.39 is 5.41 Å². The minimum absolute atomic E-state index is 0.0133.